The van der Waals surface area contributed by atoms with Crippen LogP contribution in [0.2, 0.25) is 0 Å². The molecule has 82 valence electrons. The third-order valence-corrected chi connectivity index (χ3v) is 1.67. The van der Waals surface area contributed by atoms with E-state index in [1.54, 1.807) is 13.0 Å². The van der Waals surface area contributed by atoms with E-state index in [4.69, 9.17) is 9.84 Å². The highest BCUT2D eigenvalue weighted by Gasteiger charge is 2.05. The Balaban J connectivity index is 2.44. The largest absolute Gasteiger partial charge is 0.489 e. The SMILES string of the molecule is C[C@H](CNC(=O)O)Oc1cccc(F)c1. The normalized spacial score (nSPS) is 11.9. The molecule has 0 saturated heterocycles. The molecule has 1 rings (SSSR count). The van der Waals surface area contributed by atoms with Crippen LogP contribution in [0.25, 0.3) is 0 Å². The Bertz CT molecular complexity index is 343. The molecule has 0 bridgehead atoms. The Morgan fingerprint density at radius 1 is 1.67 bits per heavy atom. The average Bonchev–Trinajstić information content (AvgIpc) is 2.15. The van der Waals surface area contributed by atoms with Crippen molar-refractivity contribution in [2.75, 3.05) is 6.54 Å². The van der Waals surface area contributed by atoms with E-state index < -0.39 is 6.09 Å². The smallest absolute Gasteiger partial charge is 0.404 e. The maximum absolute atomic E-state index is 12.7. The molecule has 2 N–H and O–H groups in total. The highest BCUT2D eigenvalue weighted by atomic mass is 19.1. The van der Waals surface area contributed by atoms with Crippen molar-refractivity contribution < 1.29 is 19.0 Å². The minimum Gasteiger partial charge on any atom is -0.489 e. The van der Waals surface area contributed by atoms with Crippen LogP contribution in [-0.2, 0) is 0 Å². The number of ether oxygens (including phenoxy) is 1. The van der Waals surface area contributed by atoms with E-state index in [1.807, 2.05) is 0 Å². The molecular formula is C10H12FNO3. The van der Waals surface area contributed by atoms with Crippen LogP contribution < -0.4 is 10.1 Å². The number of benzene rings is 1. The van der Waals surface area contributed by atoms with Crippen LogP contribution in [0.3, 0.4) is 0 Å². The molecule has 15 heavy (non-hydrogen) atoms. The number of carbonyl (C=O) groups is 1. The van der Waals surface area contributed by atoms with Crippen LogP contribution in [0.5, 0.6) is 5.75 Å². The summed E-state index contributed by atoms with van der Waals surface area (Å²) in [6.45, 7) is 1.85. The summed E-state index contributed by atoms with van der Waals surface area (Å²) in [7, 11) is 0. The average molecular weight is 213 g/mol. The first-order chi connectivity index (χ1) is 7.08. The second kappa shape index (κ2) is 5.19. The number of nitrogens with one attached hydrogen (secondary N) is 1. The predicted octanol–water partition coefficient (Wildman–Crippen LogP) is 1.86. The first-order valence-corrected chi connectivity index (χ1v) is 4.47. The summed E-state index contributed by atoms with van der Waals surface area (Å²) >= 11 is 0. The van der Waals surface area contributed by atoms with Gasteiger partial charge in [0.1, 0.15) is 17.7 Å². The number of halogens is 1. The second-order valence-corrected chi connectivity index (χ2v) is 3.07. The molecule has 0 saturated carbocycles. The Morgan fingerprint density at radius 3 is 3.00 bits per heavy atom. The van der Waals surface area contributed by atoms with E-state index in [0.717, 1.165) is 0 Å². The first kappa shape index (κ1) is 11.3. The van der Waals surface area contributed by atoms with Crippen molar-refractivity contribution in [1.29, 1.82) is 0 Å². The topological polar surface area (TPSA) is 58.6 Å². The van der Waals surface area contributed by atoms with E-state index in [0.29, 0.717) is 5.75 Å². The molecule has 0 aliphatic heterocycles. The van der Waals surface area contributed by atoms with Gasteiger partial charge in [0.05, 0.1) is 6.54 Å². The summed E-state index contributed by atoms with van der Waals surface area (Å²) in [5.74, 6) is 0.000539. The summed E-state index contributed by atoms with van der Waals surface area (Å²) in [5.41, 5.74) is 0. The molecule has 0 spiro atoms. The van der Waals surface area contributed by atoms with Crippen molar-refractivity contribution >= 4 is 6.09 Å². The Hall–Kier alpha value is -1.78. The first-order valence-electron chi connectivity index (χ1n) is 4.47. The number of hydrogen-bond acceptors (Lipinski definition) is 2. The molecule has 1 amide bonds. The third kappa shape index (κ3) is 4.30. The van der Waals surface area contributed by atoms with Gasteiger partial charge in [-0.3, -0.25) is 0 Å². The summed E-state index contributed by atoms with van der Waals surface area (Å²) in [6, 6.07) is 5.70. The number of amides is 1. The van der Waals surface area contributed by atoms with E-state index in [1.165, 1.54) is 18.2 Å². The van der Waals surface area contributed by atoms with Gasteiger partial charge in [-0.15, -0.1) is 0 Å². The molecule has 1 aromatic rings. The third-order valence-electron chi connectivity index (χ3n) is 1.67. The van der Waals surface area contributed by atoms with Gasteiger partial charge in [0.25, 0.3) is 0 Å². The van der Waals surface area contributed by atoms with Crippen LogP contribution in [0.4, 0.5) is 9.18 Å². The van der Waals surface area contributed by atoms with Crippen molar-refractivity contribution in [2.24, 2.45) is 0 Å². The molecule has 0 radical (unpaired) electrons. The number of carboxylic acid groups (broad SMARTS) is 1. The quantitative estimate of drug-likeness (QED) is 0.802. The summed E-state index contributed by atoms with van der Waals surface area (Å²) in [6.07, 6.45) is -1.45. The van der Waals surface area contributed by atoms with E-state index in [9.17, 15) is 9.18 Å². The molecule has 4 nitrogen and oxygen atoms in total. The zero-order valence-corrected chi connectivity index (χ0v) is 8.24. The Morgan fingerprint density at radius 2 is 2.40 bits per heavy atom. The van der Waals surface area contributed by atoms with Gasteiger partial charge < -0.3 is 15.2 Å². The van der Waals surface area contributed by atoms with Gasteiger partial charge in [-0.05, 0) is 19.1 Å². The van der Waals surface area contributed by atoms with Gasteiger partial charge in [0.15, 0.2) is 0 Å². The maximum Gasteiger partial charge on any atom is 0.404 e. The molecule has 0 aliphatic carbocycles. The van der Waals surface area contributed by atoms with E-state index in [-0.39, 0.29) is 18.5 Å². The summed E-state index contributed by atoms with van der Waals surface area (Å²) in [5, 5.41) is 10.5. The molecule has 0 fully saturated rings. The molecule has 0 aromatic heterocycles. The zero-order chi connectivity index (χ0) is 11.3. The highest BCUT2D eigenvalue weighted by molar-refractivity contribution is 5.64. The van der Waals surface area contributed by atoms with Crippen LogP contribution >= 0.6 is 0 Å². The Labute approximate surface area is 86.7 Å². The summed E-state index contributed by atoms with van der Waals surface area (Å²) in [4.78, 5) is 10.2. The molecule has 5 heteroatoms. The van der Waals surface area contributed by atoms with Gasteiger partial charge >= 0.3 is 6.09 Å². The fourth-order valence-corrected chi connectivity index (χ4v) is 1.05. The lowest BCUT2D eigenvalue weighted by Gasteiger charge is -2.14. The monoisotopic (exact) mass is 213 g/mol. The minimum atomic E-state index is -1.11. The molecule has 1 atom stereocenters. The van der Waals surface area contributed by atoms with Gasteiger partial charge in [-0.1, -0.05) is 6.07 Å². The standard InChI is InChI=1S/C10H12FNO3/c1-7(6-12-10(13)14)15-9-4-2-3-8(11)5-9/h2-5,7,12H,6H2,1H3,(H,13,14)/t7-/m1/s1. The van der Waals surface area contributed by atoms with Gasteiger partial charge in [0.2, 0.25) is 0 Å². The van der Waals surface area contributed by atoms with Gasteiger partial charge in [-0.2, -0.15) is 0 Å². The Kier molecular flexibility index (Phi) is 3.91. The highest BCUT2D eigenvalue weighted by Crippen LogP contribution is 2.13. The van der Waals surface area contributed by atoms with Crippen molar-refractivity contribution in [3.63, 3.8) is 0 Å². The van der Waals surface area contributed by atoms with E-state index >= 15 is 0 Å². The lowest BCUT2D eigenvalue weighted by atomic mass is 10.3. The van der Waals surface area contributed by atoms with Crippen molar-refractivity contribution in [1.82, 2.24) is 5.32 Å². The number of rotatable bonds is 4. The fraction of sp³-hybridized carbons (Fsp3) is 0.300. The van der Waals surface area contributed by atoms with Crippen molar-refractivity contribution in [3.05, 3.63) is 30.1 Å². The lowest BCUT2D eigenvalue weighted by Crippen LogP contribution is -2.32. The van der Waals surface area contributed by atoms with Crippen LogP contribution in [0, 0.1) is 5.82 Å². The van der Waals surface area contributed by atoms with Gasteiger partial charge in [0, 0.05) is 6.07 Å². The maximum atomic E-state index is 12.7. The van der Waals surface area contributed by atoms with Crippen molar-refractivity contribution in [3.8, 4) is 5.75 Å². The van der Waals surface area contributed by atoms with Crippen LogP contribution in [0.15, 0.2) is 24.3 Å². The molecule has 1 aromatic carbocycles. The molecular weight excluding hydrogens is 201 g/mol. The minimum absolute atomic E-state index is 0.159. The van der Waals surface area contributed by atoms with Gasteiger partial charge in [-0.25, -0.2) is 9.18 Å². The molecule has 0 heterocycles. The predicted molar refractivity (Wildman–Crippen MR) is 52.5 cm³/mol. The molecule has 0 aliphatic rings. The summed E-state index contributed by atoms with van der Waals surface area (Å²) < 4.78 is 18.0. The second-order valence-electron chi connectivity index (χ2n) is 3.07. The van der Waals surface area contributed by atoms with Crippen molar-refractivity contribution in [2.45, 2.75) is 13.0 Å². The zero-order valence-electron chi connectivity index (χ0n) is 8.24. The molecule has 0 unspecified atom stereocenters. The van der Waals surface area contributed by atoms with E-state index in [2.05, 4.69) is 5.32 Å². The fourth-order valence-electron chi connectivity index (χ4n) is 1.05. The van der Waals surface area contributed by atoms with Crippen LogP contribution in [-0.4, -0.2) is 23.8 Å². The number of hydrogen-bond donors (Lipinski definition) is 2. The lowest BCUT2D eigenvalue weighted by molar-refractivity contribution is 0.178. The van der Waals surface area contributed by atoms with Crippen LogP contribution in [0.1, 0.15) is 6.92 Å².